The van der Waals surface area contributed by atoms with Gasteiger partial charge in [0.1, 0.15) is 5.69 Å². The molecule has 8 nitrogen and oxygen atoms in total. The first-order chi connectivity index (χ1) is 14.4. The highest BCUT2D eigenvalue weighted by Crippen LogP contribution is 2.33. The minimum atomic E-state index is -4.79. The molecule has 1 amide bonds. The highest BCUT2D eigenvalue weighted by Gasteiger charge is 2.38. The average Bonchev–Trinajstić information content (AvgIpc) is 3.36. The summed E-state index contributed by atoms with van der Waals surface area (Å²) in [7, 11) is 1.16. The molecule has 0 saturated carbocycles. The fourth-order valence-corrected chi connectivity index (χ4v) is 3.27. The molecule has 31 heavy (non-hydrogen) atoms. The van der Waals surface area contributed by atoms with Crippen LogP contribution in [0.3, 0.4) is 0 Å². The maximum atomic E-state index is 12.9. The number of nitrogens with zero attached hydrogens (tertiary/aromatic N) is 6. The van der Waals surface area contributed by atoms with Crippen molar-refractivity contribution in [2.24, 2.45) is 7.05 Å². The lowest BCUT2D eigenvalue weighted by atomic mass is 10.2. The standard InChI is InChI=1S/C17H13F6N7O/c1-29-13(26-15(28-29)17(21,22)23)14(31)25-10-2-3-11-9(10)7-30(27-11)8-4-5-24-12(6-8)16(18,19)20/h4-7,10H,2-3H2,1H3,(H,25,31). The lowest BCUT2D eigenvalue weighted by molar-refractivity contribution is -0.145. The zero-order valence-corrected chi connectivity index (χ0v) is 15.7. The van der Waals surface area contributed by atoms with Crippen LogP contribution < -0.4 is 5.32 Å². The molecule has 14 heteroatoms. The van der Waals surface area contributed by atoms with Crippen molar-refractivity contribution in [3.8, 4) is 5.69 Å². The third-order valence-corrected chi connectivity index (χ3v) is 4.69. The van der Waals surface area contributed by atoms with E-state index in [9.17, 15) is 31.1 Å². The van der Waals surface area contributed by atoms with Crippen LogP contribution in [0.25, 0.3) is 5.69 Å². The number of fused-ring (bicyclic) bond motifs is 1. The number of amides is 1. The van der Waals surface area contributed by atoms with Gasteiger partial charge in [-0.15, -0.1) is 5.10 Å². The number of halogens is 6. The van der Waals surface area contributed by atoms with Gasteiger partial charge in [0.05, 0.1) is 17.4 Å². The summed E-state index contributed by atoms with van der Waals surface area (Å²) in [6.07, 6.45) is -6.07. The van der Waals surface area contributed by atoms with Gasteiger partial charge in [-0.1, -0.05) is 0 Å². The number of rotatable bonds is 3. The van der Waals surface area contributed by atoms with Gasteiger partial charge in [0.25, 0.3) is 11.7 Å². The lowest BCUT2D eigenvalue weighted by Crippen LogP contribution is -2.29. The van der Waals surface area contributed by atoms with Crippen molar-refractivity contribution in [2.45, 2.75) is 31.2 Å². The number of carbonyl (C=O) groups is 1. The van der Waals surface area contributed by atoms with Gasteiger partial charge in [-0.2, -0.15) is 36.4 Å². The van der Waals surface area contributed by atoms with Crippen LogP contribution in [0, 0.1) is 0 Å². The van der Waals surface area contributed by atoms with Crippen LogP contribution in [-0.2, 0) is 25.8 Å². The van der Waals surface area contributed by atoms with E-state index in [1.165, 1.54) is 16.9 Å². The SMILES string of the molecule is Cn1nc(C(F)(F)F)nc1C(=O)NC1CCc2nn(-c3ccnc(C(F)(F)F)c3)cc21. The summed E-state index contributed by atoms with van der Waals surface area (Å²) in [5.74, 6) is -2.81. The molecule has 1 atom stereocenters. The van der Waals surface area contributed by atoms with Crippen LogP contribution in [0.1, 0.15) is 45.9 Å². The molecule has 3 aromatic heterocycles. The van der Waals surface area contributed by atoms with E-state index in [0.717, 1.165) is 24.0 Å². The summed E-state index contributed by atoms with van der Waals surface area (Å²) in [5.41, 5.74) is 0.166. The van der Waals surface area contributed by atoms with Gasteiger partial charge in [-0.25, -0.2) is 9.36 Å². The molecule has 0 spiro atoms. The highest BCUT2D eigenvalue weighted by atomic mass is 19.4. The normalized spacial score (nSPS) is 16.4. The van der Waals surface area contributed by atoms with Crippen molar-refractivity contribution < 1.29 is 31.1 Å². The molecule has 0 aromatic carbocycles. The Hall–Kier alpha value is -3.45. The van der Waals surface area contributed by atoms with E-state index >= 15 is 0 Å². The van der Waals surface area contributed by atoms with E-state index in [1.807, 2.05) is 0 Å². The van der Waals surface area contributed by atoms with E-state index < -0.39 is 41.6 Å². The Bertz CT molecular complexity index is 1150. The molecule has 0 saturated heterocycles. The maximum Gasteiger partial charge on any atom is 0.453 e. The molecule has 0 fully saturated rings. The number of hydrogen-bond donors (Lipinski definition) is 1. The first-order valence-electron chi connectivity index (χ1n) is 8.84. The molecular weight excluding hydrogens is 432 g/mol. The van der Waals surface area contributed by atoms with E-state index in [-0.39, 0.29) is 5.69 Å². The van der Waals surface area contributed by atoms with E-state index in [1.54, 1.807) is 0 Å². The van der Waals surface area contributed by atoms with Crippen LogP contribution in [0.2, 0.25) is 0 Å². The molecule has 4 rings (SSSR count). The van der Waals surface area contributed by atoms with E-state index in [4.69, 9.17) is 0 Å². The number of carbonyl (C=O) groups excluding carboxylic acids is 1. The maximum absolute atomic E-state index is 12.9. The summed E-state index contributed by atoms with van der Waals surface area (Å²) < 4.78 is 78.9. The monoisotopic (exact) mass is 445 g/mol. The number of aromatic nitrogens is 6. The zero-order chi connectivity index (χ0) is 22.6. The molecular formula is C17H13F6N7O. The minimum Gasteiger partial charge on any atom is -0.342 e. The van der Waals surface area contributed by atoms with Gasteiger partial charge in [-0.05, 0) is 25.0 Å². The Morgan fingerprint density at radius 2 is 1.90 bits per heavy atom. The van der Waals surface area contributed by atoms with Gasteiger partial charge < -0.3 is 5.32 Å². The molecule has 1 aliphatic rings. The van der Waals surface area contributed by atoms with Crippen molar-refractivity contribution >= 4 is 5.91 Å². The lowest BCUT2D eigenvalue weighted by Gasteiger charge is -2.12. The number of alkyl halides is 6. The molecule has 0 radical (unpaired) electrons. The third-order valence-electron chi connectivity index (χ3n) is 4.69. The molecule has 1 aliphatic carbocycles. The Morgan fingerprint density at radius 1 is 1.16 bits per heavy atom. The fraction of sp³-hybridized carbons (Fsp3) is 0.353. The van der Waals surface area contributed by atoms with Crippen molar-refractivity contribution in [1.29, 1.82) is 0 Å². The van der Waals surface area contributed by atoms with Crippen LogP contribution in [0.4, 0.5) is 26.3 Å². The summed E-state index contributed by atoms with van der Waals surface area (Å²) in [4.78, 5) is 19.0. The summed E-state index contributed by atoms with van der Waals surface area (Å²) in [6, 6.07) is 1.60. The molecule has 0 bridgehead atoms. The number of hydrogen-bond acceptors (Lipinski definition) is 5. The second-order valence-corrected chi connectivity index (χ2v) is 6.82. The van der Waals surface area contributed by atoms with Crippen LogP contribution in [-0.4, -0.2) is 35.4 Å². The Balaban J connectivity index is 1.56. The van der Waals surface area contributed by atoms with Crippen molar-refractivity contribution in [1.82, 2.24) is 34.8 Å². The molecule has 0 aliphatic heterocycles. The molecule has 1 unspecified atom stereocenters. The van der Waals surface area contributed by atoms with E-state index in [0.29, 0.717) is 24.1 Å². The fourth-order valence-electron chi connectivity index (χ4n) is 3.27. The van der Waals surface area contributed by atoms with Crippen LogP contribution >= 0.6 is 0 Å². The molecule has 1 N–H and O–H groups in total. The number of pyridine rings is 1. The smallest absolute Gasteiger partial charge is 0.342 e. The summed E-state index contributed by atoms with van der Waals surface area (Å²) in [5, 5.41) is 10.0. The Morgan fingerprint density at radius 3 is 2.55 bits per heavy atom. The highest BCUT2D eigenvalue weighted by molar-refractivity contribution is 5.91. The predicted octanol–water partition coefficient (Wildman–Crippen LogP) is 2.85. The summed E-state index contributed by atoms with van der Waals surface area (Å²) in [6.45, 7) is 0. The zero-order valence-electron chi connectivity index (χ0n) is 15.7. The topological polar surface area (TPSA) is 90.5 Å². The first-order valence-corrected chi connectivity index (χ1v) is 8.84. The molecule has 3 heterocycles. The van der Waals surface area contributed by atoms with Crippen molar-refractivity contribution in [3.63, 3.8) is 0 Å². The third kappa shape index (κ3) is 3.96. The van der Waals surface area contributed by atoms with Gasteiger partial charge in [0.15, 0.2) is 0 Å². The number of aryl methyl sites for hydroxylation is 2. The van der Waals surface area contributed by atoms with Crippen molar-refractivity contribution in [2.75, 3.05) is 0 Å². The van der Waals surface area contributed by atoms with Gasteiger partial charge in [0.2, 0.25) is 5.82 Å². The van der Waals surface area contributed by atoms with Gasteiger partial charge in [-0.3, -0.25) is 9.78 Å². The van der Waals surface area contributed by atoms with Crippen molar-refractivity contribution in [3.05, 3.63) is 53.1 Å². The van der Waals surface area contributed by atoms with Crippen LogP contribution in [0.15, 0.2) is 24.5 Å². The second kappa shape index (κ2) is 7.06. The first kappa shape index (κ1) is 20.8. The number of nitrogens with one attached hydrogen (secondary N) is 1. The minimum absolute atomic E-state index is 0.130. The van der Waals surface area contributed by atoms with Crippen LogP contribution in [0.5, 0.6) is 0 Å². The second-order valence-electron chi connectivity index (χ2n) is 6.82. The Kier molecular flexibility index (Phi) is 4.74. The summed E-state index contributed by atoms with van der Waals surface area (Å²) >= 11 is 0. The Labute approximate surface area is 169 Å². The quantitative estimate of drug-likeness (QED) is 0.627. The predicted molar refractivity (Wildman–Crippen MR) is 90.9 cm³/mol. The molecule has 164 valence electrons. The van der Waals surface area contributed by atoms with Gasteiger partial charge >= 0.3 is 12.4 Å². The van der Waals surface area contributed by atoms with Gasteiger partial charge in [0, 0.05) is 25.0 Å². The largest absolute Gasteiger partial charge is 0.453 e. The molecule has 3 aromatic rings. The van der Waals surface area contributed by atoms with E-state index in [2.05, 4.69) is 25.5 Å². The average molecular weight is 445 g/mol.